The van der Waals surface area contributed by atoms with Crippen molar-refractivity contribution in [1.29, 1.82) is 0 Å². The lowest BCUT2D eigenvalue weighted by atomic mass is 10.0. The van der Waals surface area contributed by atoms with E-state index in [2.05, 4.69) is 191 Å². The molecule has 5 unspecified atom stereocenters. The predicted molar refractivity (Wildman–Crippen MR) is 472 cm³/mol. The van der Waals surface area contributed by atoms with Gasteiger partial charge in [-0.3, -0.25) is 32.5 Å². The molecule has 16 nitrogen and oxygen atoms in total. The monoisotopic (exact) mass is 1620 g/mol. The van der Waals surface area contributed by atoms with Crippen molar-refractivity contribution in [2.24, 2.45) is 0 Å². The summed E-state index contributed by atoms with van der Waals surface area (Å²) < 4.78 is 61.3. The second-order valence-electron chi connectivity index (χ2n) is 29.3. The third-order valence-corrected chi connectivity index (χ3v) is 20.3. The minimum atomic E-state index is -4.94. The molecule has 0 aromatic rings. The highest BCUT2D eigenvalue weighted by Crippen LogP contribution is 2.45. The summed E-state index contributed by atoms with van der Waals surface area (Å²) in [5, 5.41) is 20.7. The van der Waals surface area contributed by atoms with Gasteiger partial charge in [-0.15, -0.1) is 0 Å². The van der Waals surface area contributed by atoms with Crippen molar-refractivity contribution in [3.8, 4) is 0 Å². The molecule has 0 saturated carbocycles. The molecule has 0 aromatic heterocycles. The number of esters is 3. The number of phosphoric ester groups is 2. The number of carbonyl (C=O) groups excluding carboxylic acids is 3. The minimum absolute atomic E-state index is 0.0823. The number of hydrogen-bond donors (Lipinski definition) is 4. The Morgan fingerprint density at radius 1 is 0.248 bits per heavy atom. The predicted octanol–water partition coefficient (Wildman–Crippen LogP) is 27.1. The standard InChI is InChI=1S/C95H160O16P2/c1-4-7-10-13-16-19-22-25-28-30-32-34-36-38-40-42-44-46-48-50-52-54-56-58-61-63-66-69-72-75-78-81-93(98)105-84-90(96)85-107-112(101,102)108-86-91(97)87-109-113(103,104)110-89-92(111-95(100)83-80-77-74-71-68-65-60-27-24-21-18-15-12-9-6-3)88-106-94(99)82-79-76-73-70-67-64-62-59-57-55-53-51-49-47-45-43-41-39-37-35-33-31-29-26-23-20-17-14-11-8-5-2/h7-12,16-21,25-29,32-35,38-41,44,46,60,90-92,96-97H,4-6,13-15,22-24,30-31,36-37,42-43,45,47-59,61-89H2,1-3H3,(H,101,102)(H,103,104)/b10-7-,11-8-,12-9-,19-16-,20-17-,21-18-,28-25-,29-26-,34-32-,35-33-,40-38-,41-39-,46-44-,60-27-. The smallest absolute Gasteiger partial charge is 0.463 e. The van der Waals surface area contributed by atoms with Crippen molar-refractivity contribution in [2.75, 3.05) is 39.6 Å². The van der Waals surface area contributed by atoms with Crippen LogP contribution in [0.25, 0.3) is 0 Å². The van der Waals surface area contributed by atoms with Gasteiger partial charge in [0.2, 0.25) is 0 Å². The van der Waals surface area contributed by atoms with E-state index in [-0.39, 0.29) is 19.3 Å². The van der Waals surface area contributed by atoms with Gasteiger partial charge in [0.05, 0.1) is 26.4 Å². The molecule has 0 aliphatic heterocycles. The van der Waals surface area contributed by atoms with Crippen LogP contribution in [0.5, 0.6) is 0 Å². The number of unbranched alkanes of at least 4 members (excludes halogenated alkanes) is 32. The van der Waals surface area contributed by atoms with Gasteiger partial charge < -0.3 is 34.2 Å². The van der Waals surface area contributed by atoms with Crippen LogP contribution >= 0.6 is 15.6 Å². The number of aliphatic hydroxyl groups excluding tert-OH is 2. The normalized spacial score (nSPS) is 14.6. The summed E-state index contributed by atoms with van der Waals surface area (Å²) in [6.07, 6.45) is 111. The van der Waals surface area contributed by atoms with E-state index < -0.39 is 91.5 Å². The van der Waals surface area contributed by atoms with E-state index >= 15 is 0 Å². The topological polar surface area (TPSA) is 231 Å². The zero-order valence-corrected chi connectivity index (χ0v) is 72.8. The Labute approximate surface area is 688 Å². The molecule has 0 aliphatic carbocycles. The van der Waals surface area contributed by atoms with Crippen molar-refractivity contribution in [3.63, 3.8) is 0 Å². The lowest BCUT2D eigenvalue weighted by Gasteiger charge is -2.21. The Bertz CT molecular complexity index is 2730. The van der Waals surface area contributed by atoms with Crippen LogP contribution < -0.4 is 0 Å². The SMILES string of the molecule is CC/C=C\C/C=C\C/C=C\C/C=C\C/C=C\C/C=C\CCCCCCCCCCCCCCC(=O)OCC(O)COP(=O)(O)OCC(O)COP(=O)(O)OCC(COC(=O)CCCCCCCCCCCCCCCCC/C=C\C/C=C\C/C=C\C/C=C\C/C=C\CC)OC(=O)CCCCCCC/C=C\C/C=C\C/C=C\CC. The molecule has 0 spiro atoms. The lowest BCUT2D eigenvalue weighted by molar-refractivity contribution is -0.161. The first kappa shape index (κ1) is 108. The third kappa shape index (κ3) is 87.6. The molecular formula is C95H160O16P2. The zero-order valence-electron chi connectivity index (χ0n) is 71.0. The summed E-state index contributed by atoms with van der Waals surface area (Å²) in [5.41, 5.74) is 0. The van der Waals surface area contributed by atoms with Gasteiger partial charge in [-0.2, -0.15) is 0 Å². The quantitative estimate of drug-likeness (QED) is 0.0146. The van der Waals surface area contributed by atoms with E-state index in [1.165, 1.54) is 128 Å². The van der Waals surface area contributed by atoms with Crippen LogP contribution in [0.15, 0.2) is 170 Å². The Balaban J connectivity index is 4.49. The fraction of sp³-hybridized carbons (Fsp3) is 0.674. The maximum Gasteiger partial charge on any atom is 0.472 e. The summed E-state index contributed by atoms with van der Waals surface area (Å²) in [4.78, 5) is 58.9. The maximum absolute atomic E-state index is 13.0. The molecule has 0 radical (unpaired) electrons. The Hall–Kier alpha value is -5.09. The number of rotatable bonds is 83. The van der Waals surface area contributed by atoms with Gasteiger partial charge in [0.1, 0.15) is 25.4 Å². The fourth-order valence-corrected chi connectivity index (χ4v) is 13.4. The Morgan fingerprint density at radius 2 is 0.442 bits per heavy atom. The number of carbonyl (C=O) groups is 3. The van der Waals surface area contributed by atoms with Gasteiger partial charge in [-0.1, -0.05) is 358 Å². The molecule has 18 heteroatoms. The molecule has 0 aromatic carbocycles. The van der Waals surface area contributed by atoms with Crippen molar-refractivity contribution in [2.45, 2.75) is 373 Å². The third-order valence-electron chi connectivity index (χ3n) is 18.4. The van der Waals surface area contributed by atoms with Gasteiger partial charge >= 0.3 is 33.6 Å². The van der Waals surface area contributed by atoms with Crippen molar-refractivity contribution in [1.82, 2.24) is 0 Å². The lowest BCUT2D eigenvalue weighted by Crippen LogP contribution is -2.30. The highest BCUT2D eigenvalue weighted by Gasteiger charge is 2.29. The van der Waals surface area contributed by atoms with Gasteiger partial charge in [0.15, 0.2) is 6.10 Å². The molecule has 646 valence electrons. The summed E-state index contributed by atoms with van der Waals surface area (Å²) in [7, 11) is -9.81. The second-order valence-corrected chi connectivity index (χ2v) is 32.2. The van der Waals surface area contributed by atoms with Gasteiger partial charge in [-0.25, -0.2) is 9.13 Å². The summed E-state index contributed by atoms with van der Waals surface area (Å²) >= 11 is 0. The second kappa shape index (κ2) is 86.3. The van der Waals surface area contributed by atoms with E-state index in [0.29, 0.717) is 19.3 Å². The van der Waals surface area contributed by atoms with Crippen LogP contribution in [0.1, 0.15) is 355 Å². The Morgan fingerprint density at radius 3 is 0.699 bits per heavy atom. The minimum Gasteiger partial charge on any atom is -0.463 e. The summed E-state index contributed by atoms with van der Waals surface area (Å²) in [5.74, 6) is -1.59. The van der Waals surface area contributed by atoms with Crippen LogP contribution in [0.2, 0.25) is 0 Å². The van der Waals surface area contributed by atoms with Crippen LogP contribution in [-0.4, -0.2) is 95.9 Å². The van der Waals surface area contributed by atoms with Crippen LogP contribution in [0, 0.1) is 0 Å². The van der Waals surface area contributed by atoms with Gasteiger partial charge in [-0.05, 0) is 148 Å². The van der Waals surface area contributed by atoms with Crippen molar-refractivity contribution in [3.05, 3.63) is 170 Å². The largest absolute Gasteiger partial charge is 0.472 e. The average Bonchev–Trinajstić information content (AvgIpc) is 0.903. The first-order valence-corrected chi connectivity index (χ1v) is 47.4. The van der Waals surface area contributed by atoms with Crippen molar-refractivity contribution < 1.29 is 75.8 Å². The maximum atomic E-state index is 13.0. The van der Waals surface area contributed by atoms with Crippen molar-refractivity contribution >= 4 is 33.6 Å². The van der Waals surface area contributed by atoms with Crippen LogP contribution in [-0.2, 0) is 55.8 Å². The van der Waals surface area contributed by atoms with E-state index in [9.17, 15) is 43.5 Å². The zero-order chi connectivity index (χ0) is 82.2. The molecule has 4 N–H and O–H groups in total. The number of hydrogen-bond acceptors (Lipinski definition) is 14. The van der Waals surface area contributed by atoms with E-state index in [0.717, 1.165) is 167 Å². The summed E-state index contributed by atoms with van der Waals surface area (Å²) in [6, 6.07) is 0. The molecular weight excluding hydrogens is 1460 g/mol. The number of allylic oxidation sites excluding steroid dienone is 28. The van der Waals surface area contributed by atoms with E-state index in [1.807, 2.05) is 0 Å². The molecule has 0 fully saturated rings. The average molecular weight is 1620 g/mol. The molecule has 0 amide bonds. The number of phosphoric acid groups is 2. The van der Waals surface area contributed by atoms with Crippen LogP contribution in [0.3, 0.4) is 0 Å². The first-order valence-electron chi connectivity index (χ1n) is 44.4. The Kier molecular flexibility index (Phi) is 82.4. The van der Waals surface area contributed by atoms with E-state index in [4.69, 9.17) is 32.3 Å². The molecule has 0 bridgehead atoms. The number of ether oxygens (including phenoxy) is 3. The summed E-state index contributed by atoms with van der Waals surface area (Å²) in [6.45, 7) is 2.35. The molecule has 0 saturated heterocycles. The highest BCUT2D eigenvalue weighted by atomic mass is 31.2. The molecule has 0 rings (SSSR count). The molecule has 0 heterocycles. The van der Waals surface area contributed by atoms with Crippen LogP contribution in [0.4, 0.5) is 0 Å². The molecule has 113 heavy (non-hydrogen) atoms. The van der Waals surface area contributed by atoms with Gasteiger partial charge in [0, 0.05) is 19.3 Å². The van der Waals surface area contributed by atoms with Gasteiger partial charge in [0.25, 0.3) is 0 Å². The number of aliphatic hydroxyl groups is 2. The van der Waals surface area contributed by atoms with E-state index in [1.54, 1.807) is 0 Å². The molecule has 0 aliphatic rings. The molecule has 5 atom stereocenters. The first-order chi connectivity index (χ1) is 55.2. The fourth-order valence-electron chi connectivity index (χ4n) is 11.8. The highest BCUT2D eigenvalue weighted by molar-refractivity contribution is 7.47.